The fourth-order valence-electron chi connectivity index (χ4n) is 3.98. The van der Waals surface area contributed by atoms with Crippen LogP contribution in [0.25, 0.3) is 10.9 Å². The van der Waals surface area contributed by atoms with Crippen molar-refractivity contribution in [3.05, 3.63) is 64.3 Å². The van der Waals surface area contributed by atoms with Crippen LogP contribution >= 0.6 is 11.6 Å². The number of H-pyrrole nitrogens is 1. The molecule has 1 heterocycles. The molecule has 5 nitrogen and oxygen atoms in total. The highest BCUT2D eigenvalue weighted by atomic mass is 35.5. The smallest absolute Gasteiger partial charge is 0.254 e. The molecule has 2 aromatic carbocycles. The van der Waals surface area contributed by atoms with Gasteiger partial charge < -0.3 is 15.2 Å². The summed E-state index contributed by atoms with van der Waals surface area (Å²) in [6, 6.07) is 12.8. The van der Waals surface area contributed by atoms with Crippen molar-refractivity contribution < 1.29 is 9.59 Å². The highest BCUT2D eigenvalue weighted by Crippen LogP contribution is 2.32. The number of carbonyl (C=O) groups excluding carboxylic acids is 2. The fourth-order valence-corrected chi connectivity index (χ4v) is 4.17. The standard InChI is InChI=1S/C23H24ClN3O2/c1-14-7-9-19-16(11-14)17-12-15(8-10-20(17)25-19)23(29)27(2)13-22(28)26-21-6-4-3-5-18(21)24/h3-6,8,10,12,14,25H,7,9,11,13H2,1-2H3,(H,26,28)/t14-/m1/s1. The van der Waals surface area contributed by atoms with Crippen molar-refractivity contribution in [2.75, 3.05) is 18.9 Å². The summed E-state index contributed by atoms with van der Waals surface area (Å²) < 4.78 is 0. The number of rotatable bonds is 4. The lowest BCUT2D eigenvalue weighted by Crippen LogP contribution is -2.35. The number of fused-ring (bicyclic) bond motifs is 3. The number of nitrogens with one attached hydrogen (secondary N) is 2. The van der Waals surface area contributed by atoms with E-state index in [1.807, 2.05) is 18.2 Å². The molecule has 0 saturated heterocycles. The van der Waals surface area contributed by atoms with Crippen molar-refractivity contribution in [2.45, 2.75) is 26.2 Å². The Bertz CT molecular complexity index is 1090. The van der Waals surface area contributed by atoms with Gasteiger partial charge in [0.2, 0.25) is 5.91 Å². The van der Waals surface area contributed by atoms with E-state index in [2.05, 4.69) is 17.2 Å². The predicted molar refractivity (Wildman–Crippen MR) is 117 cm³/mol. The number of aryl methyl sites for hydroxylation is 1. The van der Waals surface area contributed by atoms with Crippen LogP contribution in [0.15, 0.2) is 42.5 Å². The van der Waals surface area contributed by atoms with Gasteiger partial charge in [0.25, 0.3) is 5.91 Å². The van der Waals surface area contributed by atoms with Gasteiger partial charge in [-0.05, 0) is 61.1 Å². The van der Waals surface area contributed by atoms with E-state index < -0.39 is 0 Å². The van der Waals surface area contributed by atoms with Crippen LogP contribution in [-0.2, 0) is 17.6 Å². The minimum atomic E-state index is -0.289. The summed E-state index contributed by atoms with van der Waals surface area (Å²) in [5, 5.41) is 4.33. The number of hydrogen-bond acceptors (Lipinski definition) is 2. The first kappa shape index (κ1) is 19.5. The lowest BCUT2D eigenvalue weighted by atomic mass is 9.87. The molecule has 2 amide bonds. The Morgan fingerprint density at radius 3 is 2.83 bits per heavy atom. The normalized spacial score (nSPS) is 15.8. The fraction of sp³-hybridized carbons (Fsp3) is 0.304. The van der Waals surface area contributed by atoms with Crippen LogP contribution in [0.3, 0.4) is 0 Å². The van der Waals surface area contributed by atoms with Crippen LogP contribution in [0.2, 0.25) is 5.02 Å². The van der Waals surface area contributed by atoms with E-state index >= 15 is 0 Å². The Morgan fingerprint density at radius 1 is 1.24 bits per heavy atom. The van der Waals surface area contributed by atoms with Crippen molar-refractivity contribution in [3.63, 3.8) is 0 Å². The van der Waals surface area contributed by atoms with Gasteiger partial charge in [-0.2, -0.15) is 0 Å². The minimum Gasteiger partial charge on any atom is -0.358 e. The zero-order valence-corrected chi connectivity index (χ0v) is 17.3. The van der Waals surface area contributed by atoms with Crippen molar-refractivity contribution in [2.24, 2.45) is 5.92 Å². The lowest BCUT2D eigenvalue weighted by molar-refractivity contribution is -0.116. The summed E-state index contributed by atoms with van der Waals surface area (Å²) >= 11 is 6.08. The molecule has 1 aromatic heterocycles. The molecule has 0 unspecified atom stereocenters. The van der Waals surface area contributed by atoms with Gasteiger partial charge in [0.15, 0.2) is 0 Å². The van der Waals surface area contributed by atoms with E-state index in [9.17, 15) is 9.59 Å². The number of anilines is 1. The third-order valence-corrected chi connectivity index (χ3v) is 5.89. The molecule has 0 bridgehead atoms. The number of carbonyl (C=O) groups is 2. The Balaban J connectivity index is 1.50. The van der Waals surface area contributed by atoms with Crippen molar-refractivity contribution >= 4 is 40.0 Å². The number of halogens is 1. The topological polar surface area (TPSA) is 65.2 Å². The molecule has 0 saturated carbocycles. The molecule has 4 rings (SSSR count). The summed E-state index contributed by atoms with van der Waals surface area (Å²) in [4.78, 5) is 30.2. The minimum absolute atomic E-state index is 0.0512. The zero-order chi connectivity index (χ0) is 20.5. The number of aromatic amines is 1. The lowest BCUT2D eigenvalue weighted by Gasteiger charge is -2.19. The van der Waals surface area contributed by atoms with Gasteiger partial charge in [0.1, 0.15) is 0 Å². The number of nitrogens with zero attached hydrogens (tertiary/aromatic N) is 1. The summed E-state index contributed by atoms with van der Waals surface area (Å²) in [6.45, 7) is 2.21. The molecular weight excluding hydrogens is 386 g/mol. The van der Waals surface area contributed by atoms with Gasteiger partial charge in [-0.3, -0.25) is 9.59 Å². The van der Waals surface area contributed by atoms with E-state index in [-0.39, 0.29) is 18.4 Å². The van der Waals surface area contributed by atoms with Gasteiger partial charge in [-0.15, -0.1) is 0 Å². The first-order valence-corrected chi connectivity index (χ1v) is 10.2. The summed E-state index contributed by atoms with van der Waals surface area (Å²) in [5.41, 5.74) is 4.81. The molecule has 0 spiro atoms. The maximum Gasteiger partial charge on any atom is 0.254 e. The van der Waals surface area contributed by atoms with Gasteiger partial charge in [0.05, 0.1) is 17.3 Å². The number of amides is 2. The van der Waals surface area contributed by atoms with Gasteiger partial charge in [-0.1, -0.05) is 30.7 Å². The van der Waals surface area contributed by atoms with E-state index in [4.69, 9.17) is 11.6 Å². The zero-order valence-electron chi connectivity index (χ0n) is 16.6. The van der Waals surface area contributed by atoms with E-state index in [0.717, 1.165) is 23.7 Å². The first-order chi connectivity index (χ1) is 13.9. The molecule has 1 atom stereocenters. The molecule has 1 aliphatic rings. The Kier molecular flexibility index (Phi) is 5.33. The molecule has 6 heteroatoms. The first-order valence-electron chi connectivity index (χ1n) is 9.85. The molecule has 2 N–H and O–H groups in total. The van der Waals surface area contributed by atoms with Crippen molar-refractivity contribution in [1.82, 2.24) is 9.88 Å². The van der Waals surface area contributed by atoms with Crippen LogP contribution < -0.4 is 5.32 Å². The maximum absolute atomic E-state index is 12.9. The Labute approximate surface area is 175 Å². The number of benzene rings is 2. The van der Waals surface area contributed by atoms with Crippen molar-refractivity contribution in [1.29, 1.82) is 0 Å². The third-order valence-electron chi connectivity index (χ3n) is 5.56. The summed E-state index contributed by atoms with van der Waals surface area (Å²) in [5.74, 6) is 0.180. The maximum atomic E-state index is 12.9. The number of aromatic nitrogens is 1. The second-order valence-electron chi connectivity index (χ2n) is 7.88. The van der Waals surface area contributed by atoms with Crippen LogP contribution in [0.1, 0.15) is 35.0 Å². The number of para-hydroxylation sites is 1. The molecule has 0 fully saturated rings. The molecule has 1 aliphatic carbocycles. The molecule has 150 valence electrons. The van der Waals surface area contributed by atoms with Gasteiger partial charge >= 0.3 is 0 Å². The Morgan fingerprint density at radius 2 is 2.03 bits per heavy atom. The highest BCUT2D eigenvalue weighted by molar-refractivity contribution is 6.33. The summed E-state index contributed by atoms with van der Waals surface area (Å²) in [7, 11) is 1.63. The van der Waals surface area contributed by atoms with E-state index in [1.165, 1.54) is 22.6 Å². The monoisotopic (exact) mass is 409 g/mol. The highest BCUT2D eigenvalue weighted by Gasteiger charge is 2.22. The SMILES string of the molecule is C[C@@H]1CCc2[nH]c3ccc(C(=O)N(C)CC(=O)Nc4ccccc4Cl)cc3c2C1. The predicted octanol–water partition coefficient (Wildman–Crippen LogP) is 4.66. The second kappa shape index (κ2) is 7.91. The average molecular weight is 410 g/mol. The quantitative estimate of drug-likeness (QED) is 0.658. The second-order valence-corrected chi connectivity index (χ2v) is 8.29. The van der Waals surface area contributed by atoms with Crippen LogP contribution in [0.4, 0.5) is 5.69 Å². The largest absolute Gasteiger partial charge is 0.358 e. The summed E-state index contributed by atoms with van der Waals surface area (Å²) in [6.07, 6.45) is 3.27. The van der Waals surface area contributed by atoms with Crippen LogP contribution in [0, 0.1) is 5.92 Å². The molecule has 29 heavy (non-hydrogen) atoms. The molecule has 0 aliphatic heterocycles. The Hall–Kier alpha value is -2.79. The molecule has 3 aromatic rings. The van der Waals surface area contributed by atoms with Gasteiger partial charge in [0, 0.05) is 29.2 Å². The van der Waals surface area contributed by atoms with Crippen LogP contribution in [0.5, 0.6) is 0 Å². The average Bonchev–Trinajstić information content (AvgIpc) is 3.06. The third kappa shape index (κ3) is 4.01. The molecular formula is C23H24ClN3O2. The van der Waals surface area contributed by atoms with E-state index in [1.54, 1.807) is 31.3 Å². The number of likely N-dealkylation sites (N-methyl/N-ethyl adjacent to an activating group) is 1. The van der Waals surface area contributed by atoms with Gasteiger partial charge in [-0.25, -0.2) is 0 Å². The molecule has 0 radical (unpaired) electrons. The van der Waals surface area contributed by atoms with E-state index in [0.29, 0.717) is 22.2 Å². The van der Waals surface area contributed by atoms with Crippen LogP contribution in [-0.4, -0.2) is 35.3 Å². The van der Waals surface area contributed by atoms with Crippen molar-refractivity contribution in [3.8, 4) is 0 Å². The number of hydrogen-bond donors (Lipinski definition) is 2.